The molecule has 0 fully saturated rings. The standard InChI is InChI=1S/C11H15ClN2O4/c1-17-9-6-8(10(18-2)5-7(9)12)14-11(16)13-3-4-15/h5-6,15H,3-4H2,1-2H3,(H2,13,14,16). The Morgan fingerprint density at radius 2 is 2.00 bits per heavy atom. The summed E-state index contributed by atoms with van der Waals surface area (Å²) in [5.41, 5.74) is 0.425. The van der Waals surface area contributed by atoms with E-state index in [4.69, 9.17) is 26.2 Å². The van der Waals surface area contributed by atoms with Gasteiger partial charge in [0, 0.05) is 18.7 Å². The van der Waals surface area contributed by atoms with Gasteiger partial charge < -0.3 is 25.2 Å². The molecule has 6 nitrogen and oxygen atoms in total. The number of methoxy groups -OCH3 is 2. The van der Waals surface area contributed by atoms with E-state index in [9.17, 15) is 4.79 Å². The van der Waals surface area contributed by atoms with Crippen LogP contribution in [0.3, 0.4) is 0 Å². The molecule has 100 valence electrons. The van der Waals surface area contributed by atoms with E-state index in [0.29, 0.717) is 22.2 Å². The average Bonchev–Trinajstić information content (AvgIpc) is 2.37. The summed E-state index contributed by atoms with van der Waals surface area (Å²) in [6.45, 7) is 0.0351. The van der Waals surface area contributed by atoms with Crippen LogP contribution in [0.15, 0.2) is 12.1 Å². The average molecular weight is 275 g/mol. The highest BCUT2D eigenvalue weighted by Crippen LogP contribution is 2.35. The maximum absolute atomic E-state index is 11.5. The van der Waals surface area contributed by atoms with Crippen molar-refractivity contribution >= 4 is 23.3 Å². The van der Waals surface area contributed by atoms with Crippen molar-refractivity contribution in [2.45, 2.75) is 0 Å². The minimum atomic E-state index is -0.452. The zero-order valence-electron chi connectivity index (χ0n) is 10.1. The third kappa shape index (κ3) is 3.68. The minimum absolute atomic E-state index is 0.130. The highest BCUT2D eigenvalue weighted by atomic mass is 35.5. The van der Waals surface area contributed by atoms with Gasteiger partial charge in [-0.3, -0.25) is 0 Å². The first-order chi connectivity index (χ1) is 8.62. The van der Waals surface area contributed by atoms with Crippen molar-refractivity contribution in [2.24, 2.45) is 0 Å². The van der Waals surface area contributed by atoms with Gasteiger partial charge in [-0.1, -0.05) is 11.6 Å². The van der Waals surface area contributed by atoms with Crippen LogP contribution in [0.25, 0.3) is 0 Å². The number of urea groups is 1. The highest BCUT2D eigenvalue weighted by Gasteiger charge is 2.12. The predicted octanol–water partition coefficient (Wildman–Crippen LogP) is 1.47. The Labute approximate surface area is 110 Å². The van der Waals surface area contributed by atoms with E-state index in [1.54, 1.807) is 12.1 Å². The number of benzene rings is 1. The zero-order valence-corrected chi connectivity index (χ0v) is 10.9. The number of nitrogens with one attached hydrogen (secondary N) is 2. The highest BCUT2D eigenvalue weighted by molar-refractivity contribution is 6.32. The first kappa shape index (κ1) is 14.4. The van der Waals surface area contributed by atoms with E-state index in [0.717, 1.165) is 0 Å². The van der Waals surface area contributed by atoms with Gasteiger partial charge >= 0.3 is 6.03 Å². The Hall–Kier alpha value is -1.66. The molecule has 0 atom stereocenters. The molecule has 18 heavy (non-hydrogen) atoms. The molecule has 2 amide bonds. The van der Waals surface area contributed by atoms with Gasteiger partial charge in [0.05, 0.1) is 31.5 Å². The molecule has 0 radical (unpaired) electrons. The molecule has 1 rings (SSSR count). The van der Waals surface area contributed by atoms with E-state index in [1.165, 1.54) is 14.2 Å². The fourth-order valence-corrected chi connectivity index (χ4v) is 1.52. The molecule has 0 bridgehead atoms. The monoisotopic (exact) mass is 274 g/mol. The molecule has 0 saturated heterocycles. The molecule has 0 aliphatic heterocycles. The lowest BCUT2D eigenvalue weighted by atomic mass is 10.2. The van der Waals surface area contributed by atoms with Crippen molar-refractivity contribution in [3.63, 3.8) is 0 Å². The lowest BCUT2D eigenvalue weighted by molar-refractivity contribution is 0.244. The second-order valence-corrected chi connectivity index (χ2v) is 3.70. The third-order valence-electron chi connectivity index (χ3n) is 2.12. The van der Waals surface area contributed by atoms with Crippen LogP contribution in [0.1, 0.15) is 0 Å². The molecule has 0 heterocycles. The van der Waals surface area contributed by atoms with Crippen molar-refractivity contribution < 1.29 is 19.4 Å². The number of halogens is 1. The summed E-state index contributed by atoms with van der Waals surface area (Å²) in [5, 5.41) is 14.0. The molecule has 7 heteroatoms. The molecule has 1 aromatic carbocycles. The Bertz CT molecular complexity index is 426. The van der Waals surface area contributed by atoms with Gasteiger partial charge in [0.2, 0.25) is 0 Å². The van der Waals surface area contributed by atoms with E-state index < -0.39 is 6.03 Å². The number of anilines is 1. The number of rotatable bonds is 5. The Morgan fingerprint density at radius 3 is 2.56 bits per heavy atom. The van der Waals surface area contributed by atoms with Crippen molar-refractivity contribution in [3.05, 3.63) is 17.2 Å². The van der Waals surface area contributed by atoms with Crippen LogP contribution in [-0.2, 0) is 0 Å². The summed E-state index contributed by atoms with van der Waals surface area (Å²) >= 11 is 5.93. The van der Waals surface area contributed by atoms with E-state index in [2.05, 4.69) is 10.6 Å². The van der Waals surface area contributed by atoms with Gasteiger partial charge in [-0.2, -0.15) is 0 Å². The Morgan fingerprint density at radius 1 is 1.33 bits per heavy atom. The quantitative estimate of drug-likeness (QED) is 0.760. The summed E-state index contributed by atoms with van der Waals surface area (Å²) < 4.78 is 10.1. The van der Waals surface area contributed by atoms with E-state index in [1.807, 2.05) is 0 Å². The van der Waals surface area contributed by atoms with Crippen LogP contribution in [0.5, 0.6) is 11.5 Å². The molecule has 0 saturated carbocycles. The fraction of sp³-hybridized carbons (Fsp3) is 0.364. The number of aliphatic hydroxyl groups excluding tert-OH is 1. The van der Waals surface area contributed by atoms with Crippen LogP contribution in [0.4, 0.5) is 10.5 Å². The number of aliphatic hydroxyl groups is 1. The van der Waals surface area contributed by atoms with Crippen LogP contribution >= 0.6 is 11.6 Å². The van der Waals surface area contributed by atoms with Crippen molar-refractivity contribution in [3.8, 4) is 11.5 Å². The predicted molar refractivity (Wildman–Crippen MR) is 68.7 cm³/mol. The summed E-state index contributed by atoms with van der Waals surface area (Å²) in [6.07, 6.45) is 0. The molecule has 0 spiro atoms. The number of hydrogen-bond acceptors (Lipinski definition) is 4. The largest absolute Gasteiger partial charge is 0.495 e. The first-order valence-electron chi connectivity index (χ1n) is 5.19. The van der Waals surface area contributed by atoms with Crippen LogP contribution in [-0.4, -0.2) is 38.5 Å². The van der Waals surface area contributed by atoms with E-state index >= 15 is 0 Å². The van der Waals surface area contributed by atoms with Gasteiger partial charge in [-0.05, 0) is 0 Å². The Kier molecular flexibility index (Phi) is 5.54. The third-order valence-corrected chi connectivity index (χ3v) is 2.41. The summed E-state index contributed by atoms with van der Waals surface area (Å²) in [4.78, 5) is 11.5. The summed E-state index contributed by atoms with van der Waals surface area (Å²) in [6, 6.07) is 2.65. The number of carbonyl (C=O) groups is 1. The van der Waals surface area contributed by atoms with E-state index in [-0.39, 0.29) is 13.2 Å². The summed E-state index contributed by atoms with van der Waals surface area (Å²) in [5.74, 6) is 0.842. The van der Waals surface area contributed by atoms with Gasteiger partial charge in [0.1, 0.15) is 11.5 Å². The minimum Gasteiger partial charge on any atom is -0.495 e. The van der Waals surface area contributed by atoms with Gasteiger partial charge in [0.25, 0.3) is 0 Å². The van der Waals surface area contributed by atoms with Crippen molar-refractivity contribution in [1.82, 2.24) is 5.32 Å². The lowest BCUT2D eigenvalue weighted by Gasteiger charge is -2.13. The molecule has 0 aliphatic rings. The maximum atomic E-state index is 11.5. The lowest BCUT2D eigenvalue weighted by Crippen LogP contribution is -2.31. The maximum Gasteiger partial charge on any atom is 0.319 e. The van der Waals surface area contributed by atoms with Crippen LogP contribution in [0, 0.1) is 0 Å². The Balaban J connectivity index is 2.89. The molecule has 1 aromatic rings. The molecule has 3 N–H and O–H groups in total. The smallest absolute Gasteiger partial charge is 0.319 e. The SMILES string of the molecule is COc1cc(NC(=O)NCCO)c(OC)cc1Cl. The normalized spacial score (nSPS) is 9.78. The number of hydrogen-bond donors (Lipinski definition) is 3. The molecule has 0 aliphatic carbocycles. The fourth-order valence-electron chi connectivity index (χ4n) is 1.29. The van der Waals surface area contributed by atoms with Gasteiger partial charge in [0.15, 0.2) is 0 Å². The molecule has 0 aromatic heterocycles. The van der Waals surface area contributed by atoms with Crippen LogP contribution < -0.4 is 20.1 Å². The molecular formula is C11H15ClN2O4. The van der Waals surface area contributed by atoms with Crippen molar-refractivity contribution in [1.29, 1.82) is 0 Å². The molecule has 0 unspecified atom stereocenters. The second-order valence-electron chi connectivity index (χ2n) is 3.29. The topological polar surface area (TPSA) is 79.8 Å². The zero-order chi connectivity index (χ0) is 13.5. The van der Waals surface area contributed by atoms with Gasteiger partial charge in [-0.25, -0.2) is 4.79 Å². The number of amides is 2. The van der Waals surface area contributed by atoms with Gasteiger partial charge in [-0.15, -0.1) is 0 Å². The second kappa shape index (κ2) is 6.93. The first-order valence-corrected chi connectivity index (χ1v) is 5.57. The van der Waals surface area contributed by atoms with Crippen molar-refractivity contribution in [2.75, 3.05) is 32.7 Å². The summed E-state index contributed by atoms with van der Waals surface area (Å²) in [7, 11) is 2.94. The van der Waals surface area contributed by atoms with Crippen LogP contribution in [0.2, 0.25) is 5.02 Å². The molecular weight excluding hydrogens is 260 g/mol. The number of ether oxygens (including phenoxy) is 2. The number of carbonyl (C=O) groups excluding carboxylic acids is 1.